The first-order valence-electron chi connectivity index (χ1n) is 3.60. The van der Waals surface area contributed by atoms with Crippen LogP contribution in [0.1, 0.15) is 0 Å². The Bertz CT molecular complexity index is 90.0. The Morgan fingerprint density at radius 3 is 1.67 bits per heavy atom. The minimum absolute atomic E-state index is 0.0578. The second-order valence-electron chi connectivity index (χ2n) is 2.80. The van der Waals surface area contributed by atoms with Gasteiger partial charge >= 0.3 is 0 Å². The van der Waals surface area contributed by atoms with Crippen LogP contribution >= 0.6 is 0 Å². The van der Waals surface area contributed by atoms with Crippen LogP contribution in [0.3, 0.4) is 0 Å². The quantitative estimate of drug-likeness (QED) is 0.353. The molecule has 2 saturated heterocycles. The van der Waals surface area contributed by atoms with Crippen molar-refractivity contribution in [3.63, 3.8) is 0 Å². The zero-order chi connectivity index (χ0) is 6.10. The molecule has 2 aliphatic heterocycles. The van der Waals surface area contributed by atoms with E-state index in [1.165, 1.54) is 26.2 Å². The van der Waals surface area contributed by atoms with Crippen molar-refractivity contribution >= 4 is 19.7 Å². The maximum Gasteiger partial charge on any atom is 0.164 e. The molecule has 0 atom stereocenters. The fourth-order valence-electron chi connectivity index (χ4n) is 0.824. The lowest BCUT2D eigenvalue weighted by molar-refractivity contribution is 0.854. The van der Waals surface area contributed by atoms with Crippen molar-refractivity contribution in [2.24, 2.45) is 0 Å². The topological polar surface area (TPSA) is 18.0 Å². The van der Waals surface area contributed by atoms with E-state index in [1.807, 2.05) is 0 Å². The predicted molar refractivity (Wildman–Crippen MR) is 43.4 cm³/mol. The highest BCUT2D eigenvalue weighted by atomic mass is 28.3. The van der Waals surface area contributed by atoms with Crippen molar-refractivity contribution in [3.05, 3.63) is 0 Å². The van der Waals surface area contributed by atoms with Crippen LogP contribution in [0.25, 0.3) is 0 Å². The second-order valence-corrected chi connectivity index (χ2v) is 7.22. The first-order chi connectivity index (χ1) is 4.45. The Labute approximate surface area is 60.4 Å². The van der Waals surface area contributed by atoms with Crippen LogP contribution in [0.2, 0.25) is 0 Å². The molecule has 2 heterocycles. The minimum atomic E-state index is 0.0578. The molecule has 0 bridgehead atoms. The summed E-state index contributed by atoms with van der Waals surface area (Å²) in [7, 11) is 0.116. The number of nitrogens with zero attached hydrogens (tertiary/aromatic N) is 2. The molecule has 0 aliphatic carbocycles. The van der Waals surface area contributed by atoms with Crippen LogP contribution in [0, 0.1) is 0 Å². The van der Waals surface area contributed by atoms with Gasteiger partial charge in [0.2, 0.25) is 0 Å². The highest BCUT2D eigenvalue weighted by Gasteiger charge is 2.19. The lowest BCUT2D eigenvalue weighted by Crippen LogP contribution is -2.34. The zero-order valence-corrected chi connectivity index (χ0v) is 8.47. The molecule has 2 fully saturated rings. The minimum Gasteiger partial charge on any atom is -0.345 e. The van der Waals surface area contributed by atoms with E-state index < -0.39 is 0 Å². The number of rotatable bonds is 4. The highest BCUT2D eigenvalue weighted by molar-refractivity contribution is 6.48. The van der Waals surface area contributed by atoms with E-state index in [1.54, 1.807) is 0 Å². The number of hydrogen-bond donors (Lipinski definition) is 1. The molecule has 0 unspecified atom stereocenters. The molecule has 0 aromatic carbocycles. The smallest absolute Gasteiger partial charge is 0.164 e. The van der Waals surface area contributed by atoms with Gasteiger partial charge in [0, 0.05) is 26.2 Å². The Morgan fingerprint density at radius 1 is 0.889 bits per heavy atom. The molecule has 2 aliphatic rings. The lowest BCUT2D eigenvalue weighted by atomic mass is 11.0. The molecular formula is C4H13N3Si2. The van der Waals surface area contributed by atoms with Crippen LogP contribution in [-0.4, -0.2) is 55.0 Å². The summed E-state index contributed by atoms with van der Waals surface area (Å²) < 4.78 is 8.74. The van der Waals surface area contributed by atoms with Gasteiger partial charge in [0.05, 0.1) is 0 Å². The highest BCUT2D eigenvalue weighted by Crippen LogP contribution is 1.99. The molecule has 5 heteroatoms. The van der Waals surface area contributed by atoms with Crippen LogP contribution in [0.4, 0.5) is 0 Å². The SMILES string of the molecule is C1CN1[SiH2]N[SiH2]N1CC1. The summed E-state index contributed by atoms with van der Waals surface area (Å²) >= 11 is 0. The Morgan fingerprint density at radius 2 is 1.33 bits per heavy atom. The summed E-state index contributed by atoms with van der Waals surface area (Å²) in [6.07, 6.45) is 0. The Kier molecular flexibility index (Phi) is 1.69. The lowest BCUT2D eigenvalue weighted by Gasteiger charge is -2.01. The molecule has 3 nitrogen and oxygen atoms in total. The fraction of sp³-hybridized carbons (Fsp3) is 1.00. The van der Waals surface area contributed by atoms with Gasteiger partial charge in [-0.1, -0.05) is 0 Å². The third-order valence-corrected chi connectivity index (χ3v) is 5.70. The van der Waals surface area contributed by atoms with Crippen molar-refractivity contribution in [3.8, 4) is 0 Å². The van der Waals surface area contributed by atoms with Crippen LogP contribution in [0.15, 0.2) is 0 Å². The second kappa shape index (κ2) is 2.51. The molecule has 52 valence electrons. The van der Waals surface area contributed by atoms with Gasteiger partial charge in [0.25, 0.3) is 0 Å². The molecular weight excluding hydrogens is 146 g/mol. The van der Waals surface area contributed by atoms with Gasteiger partial charge in [-0.15, -0.1) is 0 Å². The summed E-state index contributed by atoms with van der Waals surface area (Å²) in [5.41, 5.74) is 0. The maximum absolute atomic E-state index is 3.64. The predicted octanol–water partition coefficient (Wildman–Crippen LogP) is -2.80. The Hall–Kier alpha value is 0.314. The molecule has 0 saturated carbocycles. The molecule has 0 radical (unpaired) electrons. The van der Waals surface area contributed by atoms with Gasteiger partial charge in [0.15, 0.2) is 19.7 Å². The van der Waals surface area contributed by atoms with E-state index in [9.17, 15) is 0 Å². The van der Waals surface area contributed by atoms with Crippen LogP contribution in [0.5, 0.6) is 0 Å². The van der Waals surface area contributed by atoms with E-state index >= 15 is 0 Å². The van der Waals surface area contributed by atoms with Crippen molar-refractivity contribution < 1.29 is 0 Å². The molecule has 0 spiro atoms. The van der Waals surface area contributed by atoms with Gasteiger partial charge in [-0.05, 0) is 0 Å². The van der Waals surface area contributed by atoms with Gasteiger partial charge in [-0.2, -0.15) is 0 Å². The number of nitrogens with one attached hydrogen (secondary N) is 1. The molecule has 1 N–H and O–H groups in total. The normalized spacial score (nSPS) is 29.3. The van der Waals surface area contributed by atoms with Crippen molar-refractivity contribution in [1.82, 2.24) is 13.8 Å². The largest absolute Gasteiger partial charge is 0.345 e. The number of hydrogen-bond acceptors (Lipinski definition) is 3. The summed E-state index contributed by atoms with van der Waals surface area (Å²) in [4.78, 5) is 0. The van der Waals surface area contributed by atoms with Gasteiger partial charge < -0.3 is 13.8 Å². The van der Waals surface area contributed by atoms with Gasteiger partial charge in [0.1, 0.15) is 0 Å². The average Bonchev–Trinajstić information content (AvgIpc) is 2.57. The fourth-order valence-corrected chi connectivity index (χ4v) is 4.67. The van der Waals surface area contributed by atoms with Crippen molar-refractivity contribution in [2.75, 3.05) is 26.2 Å². The van der Waals surface area contributed by atoms with E-state index in [0.29, 0.717) is 0 Å². The third kappa shape index (κ3) is 2.19. The summed E-state index contributed by atoms with van der Waals surface area (Å²) in [5, 5.41) is 0. The molecule has 0 aromatic rings. The monoisotopic (exact) mass is 159 g/mol. The summed E-state index contributed by atoms with van der Waals surface area (Å²) in [6, 6.07) is 0. The van der Waals surface area contributed by atoms with Crippen LogP contribution < -0.4 is 4.65 Å². The third-order valence-electron chi connectivity index (χ3n) is 1.75. The zero-order valence-electron chi connectivity index (χ0n) is 5.64. The standard InChI is InChI=1S/C4H13N3Si2/c1-2-6(1)8-5-9-7-3-4-7/h5H,1-4,8-9H2. The molecule has 0 amide bonds. The van der Waals surface area contributed by atoms with E-state index in [4.69, 9.17) is 0 Å². The molecule has 9 heavy (non-hydrogen) atoms. The first-order valence-corrected chi connectivity index (χ1v) is 6.28. The van der Waals surface area contributed by atoms with E-state index in [0.717, 1.165) is 0 Å². The first kappa shape index (κ1) is 6.05. The average molecular weight is 159 g/mol. The van der Waals surface area contributed by atoms with Crippen molar-refractivity contribution in [1.29, 1.82) is 0 Å². The van der Waals surface area contributed by atoms with Gasteiger partial charge in [-0.25, -0.2) is 0 Å². The Balaban J connectivity index is 1.46. The maximum atomic E-state index is 3.64. The van der Waals surface area contributed by atoms with E-state index in [2.05, 4.69) is 13.8 Å². The summed E-state index contributed by atoms with van der Waals surface area (Å²) in [6.45, 7) is 5.53. The molecule has 0 aromatic heterocycles. The van der Waals surface area contributed by atoms with Crippen LogP contribution in [-0.2, 0) is 0 Å². The van der Waals surface area contributed by atoms with E-state index in [-0.39, 0.29) is 19.7 Å². The molecule has 2 rings (SSSR count). The summed E-state index contributed by atoms with van der Waals surface area (Å²) in [5.74, 6) is 0. The van der Waals surface area contributed by atoms with Gasteiger partial charge in [-0.3, -0.25) is 0 Å². The van der Waals surface area contributed by atoms with Crippen molar-refractivity contribution in [2.45, 2.75) is 0 Å².